The first-order valence-electron chi connectivity index (χ1n) is 10.7. The van der Waals surface area contributed by atoms with Gasteiger partial charge in [0.2, 0.25) is 5.95 Å². The maximum absolute atomic E-state index is 14.1. The molecule has 2 fully saturated rings. The van der Waals surface area contributed by atoms with Crippen LogP contribution in [0.3, 0.4) is 0 Å². The van der Waals surface area contributed by atoms with E-state index in [1.54, 1.807) is 0 Å². The second-order valence-electron chi connectivity index (χ2n) is 8.36. The van der Waals surface area contributed by atoms with Gasteiger partial charge in [0.05, 0.1) is 6.04 Å². The molecule has 2 aromatic rings. The predicted molar refractivity (Wildman–Crippen MR) is 115 cm³/mol. The van der Waals surface area contributed by atoms with Crippen molar-refractivity contribution >= 4 is 32.9 Å². The predicted octanol–water partition coefficient (Wildman–Crippen LogP) is 2.98. The van der Waals surface area contributed by atoms with Gasteiger partial charge in [-0.25, -0.2) is 28.5 Å². The van der Waals surface area contributed by atoms with E-state index in [1.807, 2.05) is 0 Å². The monoisotopic (exact) mass is 509 g/mol. The summed E-state index contributed by atoms with van der Waals surface area (Å²) in [6.45, 7) is 0.517. The number of piperidine rings is 1. The lowest BCUT2D eigenvalue weighted by molar-refractivity contribution is -0.141. The molecule has 0 bridgehead atoms. The molecule has 3 N–H and O–H groups in total. The van der Waals surface area contributed by atoms with Gasteiger partial charge < -0.3 is 10.6 Å². The second kappa shape index (κ2) is 9.00. The van der Waals surface area contributed by atoms with Crippen molar-refractivity contribution < 1.29 is 30.4 Å². The van der Waals surface area contributed by atoms with Gasteiger partial charge in [-0.15, -0.1) is 0 Å². The number of anilines is 2. The number of halogens is 5. The Balaban J connectivity index is 1.59. The van der Waals surface area contributed by atoms with Crippen molar-refractivity contribution in [3.8, 4) is 0 Å². The zero-order chi connectivity index (χ0) is 24.7. The second-order valence-corrected chi connectivity index (χ2v) is 10.2. The molecule has 188 valence electrons. The van der Waals surface area contributed by atoms with Crippen LogP contribution in [-0.4, -0.2) is 65.8 Å². The average molecular weight is 510 g/mol. The first-order chi connectivity index (χ1) is 15.9. The maximum Gasteiger partial charge on any atom is 0.433 e. The minimum Gasteiger partial charge on any atom is -0.359 e. The van der Waals surface area contributed by atoms with E-state index in [1.165, 1.54) is 17.5 Å². The molecule has 4 rings (SSSR count). The molecule has 1 saturated heterocycles. The van der Waals surface area contributed by atoms with Crippen LogP contribution in [0.1, 0.15) is 37.8 Å². The molecule has 1 saturated carbocycles. The van der Waals surface area contributed by atoms with Crippen LogP contribution in [0.2, 0.25) is 0 Å². The van der Waals surface area contributed by atoms with Gasteiger partial charge in [0.15, 0.2) is 5.82 Å². The van der Waals surface area contributed by atoms with E-state index in [0.29, 0.717) is 12.8 Å². The summed E-state index contributed by atoms with van der Waals surface area (Å²) in [7, 11) is -2.21. The van der Waals surface area contributed by atoms with Crippen LogP contribution in [0.25, 0.3) is 10.9 Å². The molecule has 0 radical (unpaired) electrons. The summed E-state index contributed by atoms with van der Waals surface area (Å²) in [6.07, 6.45) is -2.71. The summed E-state index contributed by atoms with van der Waals surface area (Å²) in [4.78, 5) is 11.9. The molecule has 34 heavy (non-hydrogen) atoms. The Bertz CT molecular complexity index is 1150. The average Bonchev–Trinajstić information content (AvgIpc) is 3.11. The molecule has 0 aromatic carbocycles. The Hall–Kier alpha value is -2.39. The fourth-order valence-corrected chi connectivity index (χ4v) is 5.13. The van der Waals surface area contributed by atoms with Crippen LogP contribution in [-0.2, 0) is 16.4 Å². The fourth-order valence-electron chi connectivity index (χ4n) is 4.18. The Morgan fingerprint density at radius 2 is 1.82 bits per heavy atom. The molecule has 1 aliphatic heterocycles. The fraction of sp³-hybridized carbons (Fsp3) is 0.632. The van der Waals surface area contributed by atoms with Gasteiger partial charge in [-0.1, -0.05) is 0 Å². The third kappa shape index (κ3) is 5.15. The largest absolute Gasteiger partial charge is 0.433 e. The molecule has 1 atom stereocenters. The van der Waals surface area contributed by atoms with E-state index in [2.05, 4.69) is 30.3 Å². The molecule has 3 heterocycles. The first kappa shape index (κ1) is 24.7. The molecule has 2 aliphatic rings. The topological polar surface area (TPSA) is 112 Å². The molecule has 0 spiro atoms. The van der Waals surface area contributed by atoms with Crippen molar-refractivity contribution in [2.24, 2.45) is 0 Å². The number of rotatable bonds is 6. The summed E-state index contributed by atoms with van der Waals surface area (Å²) in [5, 5.41) is 5.55. The minimum absolute atomic E-state index is 0.00613. The molecule has 2 aromatic heterocycles. The standard InChI is InChI=1S/C19H24F5N7O2S/c1-25-34(32,33)31-7-4-12(5-8-31)27-17-26-10-11-9-14(19(22,23)24)29-16(15(11)30-17)28-13-3-2-6-18(13,20)21/h9-10,12-13,25H,2-8H2,1H3,(H,28,29)(H,26,27,30). The van der Waals surface area contributed by atoms with Crippen molar-refractivity contribution in [3.05, 3.63) is 18.0 Å². The minimum atomic E-state index is -4.78. The van der Waals surface area contributed by atoms with E-state index in [-0.39, 0.29) is 61.1 Å². The van der Waals surface area contributed by atoms with Crippen molar-refractivity contribution in [3.63, 3.8) is 0 Å². The molecular weight excluding hydrogens is 485 g/mol. The molecule has 9 nitrogen and oxygen atoms in total. The third-order valence-electron chi connectivity index (χ3n) is 6.06. The molecule has 1 unspecified atom stereocenters. The summed E-state index contributed by atoms with van der Waals surface area (Å²) < 4.78 is 95.7. The number of hydrogen-bond acceptors (Lipinski definition) is 7. The summed E-state index contributed by atoms with van der Waals surface area (Å²) in [6, 6.07) is -0.756. The lowest BCUT2D eigenvalue weighted by Gasteiger charge is -2.31. The Morgan fingerprint density at radius 3 is 2.41 bits per heavy atom. The summed E-state index contributed by atoms with van der Waals surface area (Å²) >= 11 is 0. The molecule has 1 aliphatic carbocycles. The van der Waals surface area contributed by atoms with E-state index in [0.717, 1.165) is 6.07 Å². The van der Waals surface area contributed by atoms with Crippen LogP contribution in [0.15, 0.2) is 12.3 Å². The van der Waals surface area contributed by atoms with Crippen LogP contribution in [0, 0.1) is 0 Å². The maximum atomic E-state index is 14.1. The highest BCUT2D eigenvalue weighted by Crippen LogP contribution is 2.39. The van der Waals surface area contributed by atoms with E-state index < -0.39 is 34.0 Å². The molecule has 0 amide bonds. The van der Waals surface area contributed by atoms with Crippen molar-refractivity contribution in [2.75, 3.05) is 30.8 Å². The lowest BCUT2D eigenvalue weighted by Crippen LogP contribution is -2.46. The Labute approximate surface area is 192 Å². The van der Waals surface area contributed by atoms with Crippen LogP contribution < -0.4 is 15.4 Å². The van der Waals surface area contributed by atoms with E-state index in [9.17, 15) is 30.4 Å². The smallest absolute Gasteiger partial charge is 0.359 e. The quantitative estimate of drug-likeness (QED) is 0.514. The van der Waals surface area contributed by atoms with Gasteiger partial charge in [0.25, 0.3) is 16.1 Å². The number of pyridine rings is 1. The van der Waals surface area contributed by atoms with E-state index >= 15 is 0 Å². The van der Waals surface area contributed by atoms with Crippen LogP contribution in [0.5, 0.6) is 0 Å². The van der Waals surface area contributed by atoms with Gasteiger partial charge in [-0.2, -0.15) is 25.9 Å². The Kier molecular flexibility index (Phi) is 6.54. The summed E-state index contributed by atoms with van der Waals surface area (Å²) in [5.41, 5.74) is -1.24. The number of aromatic nitrogens is 3. The van der Waals surface area contributed by atoms with E-state index in [4.69, 9.17) is 0 Å². The van der Waals surface area contributed by atoms with Gasteiger partial charge in [0, 0.05) is 44.2 Å². The Morgan fingerprint density at radius 1 is 1.12 bits per heavy atom. The van der Waals surface area contributed by atoms with Crippen LogP contribution in [0.4, 0.5) is 33.7 Å². The van der Waals surface area contributed by atoms with Gasteiger partial charge in [-0.05, 0) is 31.7 Å². The third-order valence-corrected chi connectivity index (χ3v) is 7.63. The number of hydrogen-bond donors (Lipinski definition) is 3. The van der Waals surface area contributed by atoms with Crippen molar-refractivity contribution in [2.45, 2.75) is 56.3 Å². The number of nitrogens with one attached hydrogen (secondary N) is 3. The van der Waals surface area contributed by atoms with Gasteiger partial charge in [0.1, 0.15) is 11.2 Å². The van der Waals surface area contributed by atoms with Gasteiger partial charge in [-0.3, -0.25) is 0 Å². The number of nitrogens with zero attached hydrogens (tertiary/aromatic N) is 4. The van der Waals surface area contributed by atoms with Crippen molar-refractivity contribution in [1.82, 2.24) is 24.0 Å². The lowest BCUT2D eigenvalue weighted by atomic mass is 10.1. The molecular formula is C19H24F5N7O2S. The van der Waals surface area contributed by atoms with Crippen molar-refractivity contribution in [1.29, 1.82) is 0 Å². The molecule has 15 heteroatoms. The van der Waals surface area contributed by atoms with Crippen LogP contribution >= 0.6 is 0 Å². The highest BCUT2D eigenvalue weighted by atomic mass is 32.2. The zero-order valence-electron chi connectivity index (χ0n) is 18.2. The van der Waals surface area contributed by atoms with Gasteiger partial charge >= 0.3 is 6.18 Å². The number of fused-ring (bicyclic) bond motifs is 1. The zero-order valence-corrected chi connectivity index (χ0v) is 19.0. The highest BCUT2D eigenvalue weighted by Gasteiger charge is 2.44. The normalized spacial score (nSPS) is 22.2. The first-order valence-corrected chi connectivity index (χ1v) is 12.2. The number of alkyl halides is 5. The SMILES string of the molecule is CNS(=O)(=O)N1CCC(Nc2ncc3cc(C(F)(F)F)nc(NC4CCCC4(F)F)c3n2)CC1. The summed E-state index contributed by atoms with van der Waals surface area (Å²) in [5.74, 6) is -3.36. The highest BCUT2D eigenvalue weighted by molar-refractivity contribution is 7.87.